The first-order valence-electron chi connectivity index (χ1n) is 8.46. The molecule has 7 nitrogen and oxygen atoms in total. The summed E-state index contributed by atoms with van der Waals surface area (Å²) in [5, 5.41) is 0. The fourth-order valence-corrected chi connectivity index (χ4v) is 2.83. The molecule has 7 heteroatoms. The lowest BCUT2D eigenvalue weighted by atomic mass is 10.1. The number of carbonyl (C=O) groups excluding carboxylic acids is 1. The SMILES string of the molecule is CCCCN(C)C(=O)C1CC(COc2ccc3c(c2)OCO3)NN1. The third-order valence-corrected chi connectivity index (χ3v) is 4.30. The molecule has 1 amide bonds. The van der Waals surface area contributed by atoms with Crippen LogP contribution in [0, 0.1) is 0 Å². The first-order chi connectivity index (χ1) is 11.7. The first kappa shape index (κ1) is 16.9. The zero-order valence-corrected chi connectivity index (χ0v) is 14.2. The highest BCUT2D eigenvalue weighted by Crippen LogP contribution is 2.35. The highest BCUT2D eigenvalue weighted by atomic mass is 16.7. The van der Waals surface area contributed by atoms with Gasteiger partial charge in [-0.3, -0.25) is 10.2 Å². The number of benzene rings is 1. The smallest absolute Gasteiger partial charge is 0.240 e. The van der Waals surface area contributed by atoms with Gasteiger partial charge in [-0.25, -0.2) is 5.43 Å². The molecule has 2 atom stereocenters. The van der Waals surface area contributed by atoms with Gasteiger partial charge < -0.3 is 19.1 Å². The molecule has 24 heavy (non-hydrogen) atoms. The number of nitrogens with zero attached hydrogens (tertiary/aromatic N) is 1. The second kappa shape index (κ2) is 7.72. The van der Waals surface area contributed by atoms with Crippen LogP contribution in [0.3, 0.4) is 0 Å². The Morgan fingerprint density at radius 1 is 1.33 bits per heavy atom. The van der Waals surface area contributed by atoms with E-state index in [0.29, 0.717) is 18.8 Å². The Hall–Kier alpha value is -1.99. The predicted molar refractivity (Wildman–Crippen MR) is 89.1 cm³/mol. The van der Waals surface area contributed by atoms with Gasteiger partial charge in [-0.05, 0) is 25.0 Å². The Kier molecular flexibility index (Phi) is 5.42. The zero-order valence-electron chi connectivity index (χ0n) is 14.2. The van der Waals surface area contributed by atoms with Crippen molar-refractivity contribution in [2.75, 3.05) is 27.0 Å². The van der Waals surface area contributed by atoms with Crippen LogP contribution in [0.2, 0.25) is 0 Å². The summed E-state index contributed by atoms with van der Waals surface area (Å²) in [6, 6.07) is 5.41. The highest BCUT2D eigenvalue weighted by Gasteiger charge is 2.31. The molecule has 0 aliphatic carbocycles. The van der Waals surface area contributed by atoms with Gasteiger partial charge in [0.15, 0.2) is 11.5 Å². The maximum absolute atomic E-state index is 12.4. The first-order valence-corrected chi connectivity index (χ1v) is 8.46. The van der Waals surface area contributed by atoms with Crippen LogP contribution in [0.4, 0.5) is 0 Å². The monoisotopic (exact) mass is 335 g/mol. The van der Waals surface area contributed by atoms with E-state index in [9.17, 15) is 4.79 Å². The Morgan fingerprint density at radius 2 is 2.17 bits per heavy atom. The molecule has 1 aromatic carbocycles. The maximum atomic E-state index is 12.4. The molecule has 0 radical (unpaired) electrons. The molecule has 2 unspecified atom stereocenters. The summed E-state index contributed by atoms with van der Waals surface area (Å²) < 4.78 is 16.4. The minimum absolute atomic E-state index is 0.0870. The Balaban J connectivity index is 1.45. The molecule has 0 aromatic heterocycles. The molecule has 1 aromatic rings. The lowest BCUT2D eigenvalue weighted by molar-refractivity contribution is -0.131. The van der Waals surface area contributed by atoms with E-state index in [1.807, 2.05) is 25.2 Å². The van der Waals surface area contributed by atoms with E-state index in [-0.39, 0.29) is 24.8 Å². The third kappa shape index (κ3) is 3.91. The number of hydrogen-bond acceptors (Lipinski definition) is 6. The summed E-state index contributed by atoms with van der Waals surface area (Å²) in [6.07, 6.45) is 2.82. The van der Waals surface area contributed by atoms with Crippen LogP contribution in [0.15, 0.2) is 18.2 Å². The summed E-state index contributed by atoms with van der Waals surface area (Å²) in [5.41, 5.74) is 6.22. The van der Waals surface area contributed by atoms with Gasteiger partial charge >= 0.3 is 0 Å². The fraction of sp³-hybridized carbons (Fsp3) is 0.588. The Bertz CT molecular complexity index is 581. The molecule has 1 saturated heterocycles. The molecule has 3 rings (SSSR count). The number of rotatable bonds is 7. The van der Waals surface area contributed by atoms with Crippen LogP contribution in [0.5, 0.6) is 17.2 Å². The largest absolute Gasteiger partial charge is 0.492 e. The summed E-state index contributed by atoms with van der Waals surface area (Å²) >= 11 is 0. The molecular weight excluding hydrogens is 310 g/mol. The number of unbranched alkanes of at least 4 members (excludes halogenated alkanes) is 1. The van der Waals surface area contributed by atoms with E-state index in [2.05, 4.69) is 17.8 Å². The molecule has 2 N–H and O–H groups in total. The normalized spacial score (nSPS) is 21.8. The lowest BCUT2D eigenvalue weighted by Crippen LogP contribution is -2.44. The number of carbonyl (C=O) groups is 1. The van der Waals surface area contributed by atoms with Gasteiger partial charge in [-0.15, -0.1) is 0 Å². The molecule has 0 saturated carbocycles. The van der Waals surface area contributed by atoms with Crippen molar-refractivity contribution in [2.45, 2.75) is 38.3 Å². The van der Waals surface area contributed by atoms with Crippen LogP contribution in [0.1, 0.15) is 26.2 Å². The van der Waals surface area contributed by atoms with Crippen molar-refractivity contribution in [2.24, 2.45) is 0 Å². The minimum atomic E-state index is -0.197. The number of amides is 1. The molecule has 2 aliphatic heterocycles. The van der Waals surface area contributed by atoms with Crippen LogP contribution in [0.25, 0.3) is 0 Å². The summed E-state index contributed by atoms with van der Waals surface area (Å²) in [4.78, 5) is 14.1. The number of hydrogen-bond donors (Lipinski definition) is 2. The topological polar surface area (TPSA) is 72.1 Å². The van der Waals surface area contributed by atoms with E-state index in [1.165, 1.54) is 0 Å². The van der Waals surface area contributed by atoms with Crippen LogP contribution < -0.4 is 25.1 Å². The minimum Gasteiger partial charge on any atom is -0.492 e. The van der Waals surface area contributed by atoms with Crippen LogP contribution >= 0.6 is 0 Å². The van der Waals surface area contributed by atoms with Crippen molar-refractivity contribution in [1.29, 1.82) is 0 Å². The fourth-order valence-electron chi connectivity index (χ4n) is 2.83. The number of nitrogens with one attached hydrogen (secondary N) is 2. The average molecular weight is 335 g/mol. The molecule has 1 fully saturated rings. The Labute approximate surface area is 142 Å². The van der Waals surface area contributed by atoms with Gasteiger partial charge in [0, 0.05) is 19.7 Å². The molecular formula is C17H25N3O4. The van der Waals surface area contributed by atoms with Gasteiger partial charge in [0.25, 0.3) is 0 Å². The average Bonchev–Trinajstić information content (AvgIpc) is 3.25. The lowest BCUT2D eigenvalue weighted by Gasteiger charge is -2.20. The molecule has 132 valence electrons. The van der Waals surface area contributed by atoms with Crippen molar-refractivity contribution >= 4 is 5.91 Å². The van der Waals surface area contributed by atoms with Crippen LogP contribution in [-0.4, -0.2) is 49.9 Å². The molecule has 0 bridgehead atoms. The van der Waals surface area contributed by atoms with E-state index < -0.39 is 0 Å². The van der Waals surface area contributed by atoms with Crippen molar-refractivity contribution < 1.29 is 19.0 Å². The molecule has 2 aliphatic rings. The van der Waals surface area contributed by atoms with E-state index in [1.54, 1.807) is 4.90 Å². The maximum Gasteiger partial charge on any atom is 0.240 e. The van der Waals surface area contributed by atoms with Gasteiger partial charge in [0.1, 0.15) is 18.4 Å². The third-order valence-electron chi connectivity index (χ3n) is 4.30. The Morgan fingerprint density at radius 3 is 3.00 bits per heavy atom. The molecule has 0 spiro atoms. The van der Waals surface area contributed by atoms with Gasteiger partial charge in [-0.1, -0.05) is 13.3 Å². The zero-order chi connectivity index (χ0) is 16.9. The van der Waals surface area contributed by atoms with Crippen molar-refractivity contribution in [3.05, 3.63) is 18.2 Å². The van der Waals surface area contributed by atoms with Crippen molar-refractivity contribution in [1.82, 2.24) is 15.8 Å². The number of fused-ring (bicyclic) bond motifs is 1. The van der Waals surface area contributed by atoms with E-state index >= 15 is 0 Å². The van der Waals surface area contributed by atoms with Crippen molar-refractivity contribution in [3.63, 3.8) is 0 Å². The van der Waals surface area contributed by atoms with E-state index in [0.717, 1.165) is 30.9 Å². The number of ether oxygens (including phenoxy) is 3. The number of likely N-dealkylation sites (N-methyl/N-ethyl adjacent to an activating group) is 1. The second-order valence-corrected chi connectivity index (χ2v) is 6.21. The quantitative estimate of drug-likeness (QED) is 0.782. The van der Waals surface area contributed by atoms with Gasteiger partial charge in [0.05, 0.1) is 6.04 Å². The van der Waals surface area contributed by atoms with Crippen LogP contribution in [-0.2, 0) is 4.79 Å². The summed E-state index contributed by atoms with van der Waals surface area (Å²) in [6.45, 7) is 3.65. The summed E-state index contributed by atoms with van der Waals surface area (Å²) in [5.74, 6) is 2.30. The predicted octanol–water partition coefficient (Wildman–Crippen LogP) is 1.29. The second-order valence-electron chi connectivity index (χ2n) is 6.21. The molecule has 2 heterocycles. The standard InChI is InChI=1S/C17H25N3O4/c1-3-4-7-20(2)17(21)14-8-12(18-19-14)10-22-13-5-6-15-16(9-13)24-11-23-15/h5-6,9,12,14,18-19H,3-4,7-8,10-11H2,1-2H3. The van der Waals surface area contributed by atoms with Gasteiger partial charge in [0.2, 0.25) is 12.7 Å². The van der Waals surface area contributed by atoms with E-state index in [4.69, 9.17) is 14.2 Å². The van der Waals surface area contributed by atoms with Gasteiger partial charge in [-0.2, -0.15) is 0 Å². The van der Waals surface area contributed by atoms with Crippen molar-refractivity contribution in [3.8, 4) is 17.2 Å². The summed E-state index contributed by atoms with van der Waals surface area (Å²) in [7, 11) is 1.86. The number of hydrazine groups is 1. The highest BCUT2D eigenvalue weighted by molar-refractivity contribution is 5.81.